The highest BCUT2D eigenvalue weighted by atomic mass is 16.2. The van der Waals surface area contributed by atoms with Crippen molar-refractivity contribution >= 4 is 16.8 Å². The summed E-state index contributed by atoms with van der Waals surface area (Å²) in [5.41, 5.74) is 6.09. The first-order valence-corrected chi connectivity index (χ1v) is 10.3. The molecule has 6 heteroatoms. The van der Waals surface area contributed by atoms with Gasteiger partial charge < -0.3 is 4.90 Å². The number of fused-ring (bicyclic) bond motifs is 1. The maximum atomic E-state index is 13.6. The van der Waals surface area contributed by atoms with Crippen molar-refractivity contribution in [1.82, 2.24) is 24.8 Å². The second-order valence-corrected chi connectivity index (χ2v) is 7.94. The summed E-state index contributed by atoms with van der Waals surface area (Å²) in [5.74, 6) is -0.0459. The molecule has 156 valence electrons. The van der Waals surface area contributed by atoms with Gasteiger partial charge in [-0.25, -0.2) is 15.0 Å². The van der Waals surface area contributed by atoms with Crippen molar-refractivity contribution in [2.24, 2.45) is 0 Å². The van der Waals surface area contributed by atoms with Crippen molar-refractivity contribution in [2.75, 3.05) is 7.05 Å². The standard InChI is InChI=1S/C25H25N5O/c1-16-7-8-20-21(12-23(29-24(20)10-16)19-13-26-15-27-14-19)25(31)30(4)18(3)11-22-17(2)6-5-9-28-22/h5-10,12-15,18H,11H2,1-4H3/t18-/m1/s1. The molecule has 0 radical (unpaired) electrons. The van der Waals surface area contributed by atoms with Crippen LogP contribution in [0.2, 0.25) is 0 Å². The second-order valence-electron chi connectivity index (χ2n) is 7.94. The second kappa shape index (κ2) is 8.60. The molecule has 1 aromatic carbocycles. The van der Waals surface area contributed by atoms with E-state index in [1.165, 1.54) is 6.33 Å². The van der Waals surface area contributed by atoms with Crippen LogP contribution in [0, 0.1) is 13.8 Å². The van der Waals surface area contributed by atoms with Crippen LogP contribution in [0.5, 0.6) is 0 Å². The highest BCUT2D eigenvalue weighted by Gasteiger charge is 2.22. The summed E-state index contributed by atoms with van der Waals surface area (Å²) in [4.78, 5) is 32.8. The lowest BCUT2D eigenvalue weighted by atomic mass is 10.0. The molecule has 0 saturated heterocycles. The number of hydrogen-bond acceptors (Lipinski definition) is 5. The van der Waals surface area contributed by atoms with Crippen molar-refractivity contribution in [3.63, 3.8) is 0 Å². The van der Waals surface area contributed by atoms with Crippen LogP contribution in [0.25, 0.3) is 22.2 Å². The van der Waals surface area contributed by atoms with Gasteiger partial charge in [-0.15, -0.1) is 0 Å². The van der Waals surface area contributed by atoms with Crippen molar-refractivity contribution < 1.29 is 4.79 Å². The number of benzene rings is 1. The van der Waals surface area contributed by atoms with Crippen LogP contribution < -0.4 is 0 Å². The third-order valence-corrected chi connectivity index (χ3v) is 5.64. The van der Waals surface area contributed by atoms with Gasteiger partial charge in [-0.3, -0.25) is 9.78 Å². The summed E-state index contributed by atoms with van der Waals surface area (Å²) >= 11 is 0. The molecule has 0 unspecified atom stereocenters. The number of nitrogens with zero attached hydrogens (tertiary/aromatic N) is 5. The molecule has 6 nitrogen and oxygen atoms in total. The van der Waals surface area contributed by atoms with E-state index in [4.69, 9.17) is 4.98 Å². The maximum Gasteiger partial charge on any atom is 0.254 e. The topological polar surface area (TPSA) is 71.9 Å². The number of likely N-dealkylation sites (N-methyl/N-ethyl adjacent to an activating group) is 1. The molecule has 3 heterocycles. The minimum atomic E-state index is -0.0459. The monoisotopic (exact) mass is 411 g/mol. The molecule has 0 fully saturated rings. The van der Waals surface area contributed by atoms with E-state index in [0.29, 0.717) is 17.7 Å². The molecule has 3 aromatic heterocycles. The Kier molecular flexibility index (Phi) is 5.71. The number of amides is 1. The smallest absolute Gasteiger partial charge is 0.254 e. The lowest BCUT2D eigenvalue weighted by molar-refractivity contribution is 0.0744. The van der Waals surface area contributed by atoms with Crippen LogP contribution in [-0.2, 0) is 6.42 Å². The minimum absolute atomic E-state index is 0.0155. The number of hydrogen-bond donors (Lipinski definition) is 0. The Balaban J connectivity index is 1.73. The van der Waals surface area contributed by atoms with Crippen LogP contribution in [0.3, 0.4) is 0 Å². The van der Waals surface area contributed by atoms with E-state index < -0.39 is 0 Å². The number of aromatic nitrogens is 4. The van der Waals surface area contributed by atoms with Gasteiger partial charge in [0.05, 0.1) is 16.8 Å². The van der Waals surface area contributed by atoms with Crippen molar-refractivity contribution in [3.8, 4) is 11.3 Å². The Labute approximate surface area is 182 Å². The zero-order valence-electron chi connectivity index (χ0n) is 18.2. The molecule has 0 N–H and O–H groups in total. The zero-order valence-corrected chi connectivity index (χ0v) is 18.2. The Hall–Kier alpha value is -3.67. The molecule has 0 aliphatic carbocycles. The fourth-order valence-electron chi connectivity index (χ4n) is 3.63. The molecule has 0 bridgehead atoms. The van der Waals surface area contributed by atoms with E-state index in [1.807, 2.05) is 64.2 Å². The van der Waals surface area contributed by atoms with Crippen LogP contribution in [0.1, 0.15) is 34.1 Å². The first-order valence-electron chi connectivity index (χ1n) is 10.3. The minimum Gasteiger partial charge on any atom is -0.339 e. The third kappa shape index (κ3) is 4.28. The third-order valence-electron chi connectivity index (χ3n) is 5.64. The summed E-state index contributed by atoms with van der Waals surface area (Å²) in [7, 11) is 1.84. The number of aryl methyl sites for hydroxylation is 2. The summed E-state index contributed by atoms with van der Waals surface area (Å²) in [6.45, 7) is 6.11. The Morgan fingerprint density at radius 2 is 1.87 bits per heavy atom. The van der Waals surface area contributed by atoms with Gasteiger partial charge in [0.15, 0.2) is 0 Å². The quantitative estimate of drug-likeness (QED) is 0.486. The number of carbonyl (C=O) groups excluding carboxylic acids is 1. The molecule has 4 aromatic rings. The van der Waals surface area contributed by atoms with Gasteiger partial charge >= 0.3 is 0 Å². The Morgan fingerprint density at radius 3 is 2.61 bits per heavy atom. The highest BCUT2D eigenvalue weighted by Crippen LogP contribution is 2.26. The lowest BCUT2D eigenvalue weighted by Gasteiger charge is -2.26. The predicted octanol–water partition coefficient (Wildman–Crippen LogP) is 4.41. The molecule has 31 heavy (non-hydrogen) atoms. The van der Waals surface area contributed by atoms with E-state index in [2.05, 4.69) is 15.0 Å². The van der Waals surface area contributed by atoms with E-state index in [-0.39, 0.29) is 11.9 Å². The SMILES string of the molecule is Cc1ccc2c(C(=O)N(C)[C@H](C)Cc3ncccc3C)cc(-c3cncnc3)nc2c1. The fraction of sp³-hybridized carbons (Fsp3) is 0.240. The largest absolute Gasteiger partial charge is 0.339 e. The number of rotatable bonds is 5. The van der Waals surface area contributed by atoms with Crippen LogP contribution in [0.15, 0.2) is 61.3 Å². The molecule has 0 saturated carbocycles. The highest BCUT2D eigenvalue weighted by molar-refractivity contribution is 6.07. The van der Waals surface area contributed by atoms with Crippen molar-refractivity contribution in [3.05, 3.63) is 83.7 Å². The molecule has 1 atom stereocenters. The molecule has 0 aliphatic rings. The Morgan fingerprint density at radius 1 is 1.10 bits per heavy atom. The number of pyridine rings is 2. The fourth-order valence-corrected chi connectivity index (χ4v) is 3.63. The van der Waals surface area contributed by atoms with E-state index in [0.717, 1.165) is 33.3 Å². The predicted molar refractivity (Wildman–Crippen MR) is 122 cm³/mol. The molecular weight excluding hydrogens is 386 g/mol. The van der Waals surface area contributed by atoms with Gasteiger partial charge in [0.25, 0.3) is 5.91 Å². The van der Waals surface area contributed by atoms with Gasteiger partial charge in [-0.1, -0.05) is 18.2 Å². The normalized spacial score (nSPS) is 12.0. The molecule has 0 aliphatic heterocycles. The van der Waals surface area contributed by atoms with Gasteiger partial charge in [-0.05, 0) is 50.1 Å². The van der Waals surface area contributed by atoms with E-state index in [1.54, 1.807) is 23.5 Å². The van der Waals surface area contributed by atoms with Crippen LogP contribution >= 0.6 is 0 Å². The van der Waals surface area contributed by atoms with Crippen LogP contribution in [0.4, 0.5) is 0 Å². The van der Waals surface area contributed by atoms with Gasteiger partial charge in [0, 0.05) is 54.7 Å². The molecule has 1 amide bonds. The maximum absolute atomic E-state index is 13.6. The Bertz CT molecular complexity index is 1240. The van der Waals surface area contributed by atoms with Gasteiger partial charge in [0.2, 0.25) is 0 Å². The van der Waals surface area contributed by atoms with E-state index in [9.17, 15) is 4.79 Å². The summed E-state index contributed by atoms with van der Waals surface area (Å²) < 4.78 is 0. The molecular formula is C25H25N5O. The van der Waals surface area contributed by atoms with Gasteiger partial charge in [0.1, 0.15) is 6.33 Å². The van der Waals surface area contributed by atoms with Crippen molar-refractivity contribution in [1.29, 1.82) is 0 Å². The van der Waals surface area contributed by atoms with Gasteiger partial charge in [-0.2, -0.15) is 0 Å². The van der Waals surface area contributed by atoms with E-state index >= 15 is 0 Å². The summed E-state index contributed by atoms with van der Waals surface area (Å²) in [6.07, 6.45) is 7.39. The van der Waals surface area contributed by atoms with Crippen LogP contribution in [-0.4, -0.2) is 43.8 Å². The summed E-state index contributed by atoms with van der Waals surface area (Å²) in [6, 6.07) is 11.8. The zero-order chi connectivity index (χ0) is 22.0. The first kappa shape index (κ1) is 20.6. The van der Waals surface area contributed by atoms with Crippen molar-refractivity contribution in [2.45, 2.75) is 33.2 Å². The summed E-state index contributed by atoms with van der Waals surface area (Å²) in [5, 5.41) is 0.837. The number of carbonyl (C=O) groups is 1. The molecule has 4 rings (SSSR count). The average Bonchev–Trinajstić information content (AvgIpc) is 2.79. The average molecular weight is 412 g/mol. The molecule has 0 spiro atoms. The lowest BCUT2D eigenvalue weighted by Crippen LogP contribution is -2.37. The first-order chi connectivity index (χ1) is 14.9.